The highest BCUT2D eigenvalue weighted by Crippen LogP contribution is 2.38. The van der Waals surface area contributed by atoms with Gasteiger partial charge in [0.2, 0.25) is 5.91 Å². The summed E-state index contributed by atoms with van der Waals surface area (Å²) in [6, 6.07) is 12.4. The third-order valence-electron chi connectivity index (χ3n) is 6.56. The summed E-state index contributed by atoms with van der Waals surface area (Å²) < 4.78 is 24.7. The van der Waals surface area contributed by atoms with Crippen LogP contribution in [0, 0.1) is 11.2 Å². The molecule has 6 heteroatoms. The number of halogens is 1. The molecule has 4 rings (SSSR count). The number of piperidine rings is 1. The minimum atomic E-state index is -0.507. The van der Waals surface area contributed by atoms with Gasteiger partial charge in [-0.15, -0.1) is 0 Å². The van der Waals surface area contributed by atoms with Crippen molar-refractivity contribution in [2.24, 2.45) is 5.41 Å². The van der Waals surface area contributed by atoms with Gasteiger partial charge < -0.3 is 19.5 Å². The molecule has 2 aromatic rings. The van der Waals surface area contributed by atoms with E-state index < -0.39 is 11.5 Å². The van der Waals surface area contributed by atoms with Gasteiger partial charge in [-0.2, -0.15) is 0 Å². The first-order valence-corrected chi connectivity index (χ1v) is 11.0. The number of aliphatic hydroxyl groups is 1. The Morgan fingerprint density at radius 3 is 2.65 bits per heavy atom. The number of amides is 1. The van der Waals surface area contributed by atoms with Gasteiger partial charge in [0.05, 0.1) is 18.6 Å². The second-order valence-electron chi connectivity index (χ2n) is 8.66. The molecule has 0 aromatic heterocycles. The fraction of sp³-hybridized carbons (Fsp3) is 0.480. The Hall–Kier alpha value is -2.44. The zero-order valence-corrected chi connectivity index (χ0v) is 18.0. The van der Waals surface area contributed by atoms with Crippen molar-refractivity contribution in [1.29, 1.82) is 0 Å². The van der Waals surface area contributed by atoms with Crippen molar-refractivity contribution in [3.63, 3.8) is 0 Å². The lowest BCUT2D eigenvalue weighted by Crippen LogP contribution is -2.52. The third kappa shape index (κ3) is 4.75. The maximum absolute atomic E-state index is 13.8. The molecule has 2 heterocycles. The summed E-state index contributed by atoms with van der Waals surface area (Å²) in [4.78, 5) is 15.4. The van der Waals surface area contributed by atoms with E-state index in [0.29, 0.717) is 56.9 Å². The van der Waals surface area contributed by atoms with Crippen molar-refractivity contribution in [3.05, 3.63) is 53.8 Å². The molecule has 0 radical (unpaired) electrons. The summed E-state index contributed by atoms with van der Waals surface area (Å²) >= 11 is 0. The Balaban J connectivity index is 1.57. The highest BCUT2D eigenvalue weighted by molar-refractivity contribution is 5.83. The number of ether oxygens (including phenoxy) is 2. The van der Waals surface area contributed by atoms with Gasteiger partial charge in [0.25, 0.3) is 0 Å². The van der Waals surface area contributed by atoms with E-state index in [-0.39, 0.29) is 11.7 Å². The fourth-order valence-corrected chi connectivity index (χ4v) is 4.80. The third-order valence-corrected chi connectivity index (χ3v) is 6.56. The maximum atomic E-state index is 13.8. The summed E-state index contributed by atoms with van der Waals surface area (Å²) in [5.41, 5.74) is 2.12. The number of β-amino-alcohol motifs (C(OH)–C–C–N with tert-alkyl or cyclic N) is 1. The number of nitrogens with zero attached hydrogens (tertiary/aromatic N) is 1. The number of benzene rings is 2. The van der Waals surface area contributed by atoms with Crippen LogP contribution in [0.1, 0.15) is 31.2 Å². The number of methoxy groups -OCH3 is 1. The van der Waals surface area contributed by atoms with Crippen LogP contribution in [0.25, 0.3) is 11.1 Å². The van der Waals surface area contributed by atoms with E-state index in [1.54, 1.807) is 13.2 Å². The minimum Gasteiger partial charge on any atom is -0.496 e. The van der Waals surface area contributed by atoms with Gasteiger partial charge in [-0.25, -0.2) is 4.39 Å². The quantitative estimate of drug-likeness (QED) is 0.788. The summed E-state index contributed by atoms with van der Waals surface area (Å²) in [6.07, 6.45) is 3.14. The van der Waals surface area contributed by atoms with Gasteiger partial charge in [-0.05, 0) is 61.4 Å². The molecule has 31 heavy (non-hydrogen) atoms. The van der Waals surface area contributed by atoms with E-state index in [2.05, 4.69) is 0 Å². The van der Waals surface area contributed by atoms with Gasteiger partial charge in [-0.1, -0.05) is 24.3 Å². The standard InChI is InChI=1S/C25H30FNO4/c1-30-23-9-8-20(26)15-22(23)19-6-4-18(5-7-19)16-25(10-13-31-14-11-25)24(29)27-12-2-3-21(28)17-27/h4-9,15,21,28H,2-3,10-14,16-17H2,1H3/t21-/m0/s1. The molecule has 1 N–H and O–H groups in total. The number of hydrogen-bond donors (Lipinski definition) is 1. The van der Waals surface area contributed by atoms with Gasteiger partial charge in [0, 0.05) is 31.9 Å². The number of aliphatic hydroxyl groups excluding tert-OH is 1. The molecule has 2 aliphatic heterocycles. The van der Waals surface area contributed by atoms with Crippen LogP contribution in [0.2, 0.25) is 0 Å². The smallest absolute Gasteiger partial charge is 0.229 e. The van der Waals surface area contributed by atoms with Gasteiger partial charge in [0.15, 0.2) is 0 Å². The molecule has 2 aliphatic rings. The number of carbonyl (C=O) groups excluding carboxylic acids is 1. The van der Waals surface area contributed by atoms with Crippen LogP contribution < -0.4 is 4.74 Å². The fourth-order valence-electron chi connectivity index (χ4n) is 4.80. The van der Waals surface area contributed by atoms with Crippen molar-refractivity contribution >= 4 is 5.91 Å². The highest BCUT2D eigenvalue weighted by atomic mass is 19.1. The first kappa shape index (κ1) is 21.8. The Bertz CT molecular complexity index is 908. The Labute approximate surface area is 182 Å². The number of carbonyl (C=O) groups is 1. The second-order valence-corrected chi connectivity index (χ2v) is 8.66. The first-order chi connectivity index (χ1) is 15.0. The zero-order chi connectivity index (χ0) is 21.8. The second kappa shape index (κ2) is 9.37. The lowest BCUT2D eigenvalue weighted by Gasteiger charge is -2.42. The number of rotatable bonds is 5. The molecule has 2 fully saturated rings. The molecule has 0 bridgehead atoms. The van der Waals surface area contributed by atoms with E-state index in [9.17, 15) is 14.3 Å². The number of likely N-dealkylation sites (tertiary alicyclic amines) is 1. The molecule has 1 atom stereocenters. The van der Waals surface area contributed by atoms with E-state index in [4.69, 9.17) is 9.47 Å². The highest BCUT2D eigenvalue weighted by Gasteiger charge is 2.43. The molecule has 0 saturated carbocycles. The molecule has 166 valence electrons. The lowest BCUT2D eigenvalue weighted by molar-refractivity contribution is -0.151. The normalized spacial score (nSPS) is 21.0. The molecular formula is C25H30FNO4. The van der Waals surface area contributed by atoms with E-state index in [0.717, 1.165) is 24.0 Å². The Kier molecular flexibility index (Phi) is 6.58. The van der Waals surface area contributed by atoms with E-state index in [1.165, 1.54) is 12.1 Å². The summed E-state index contributed by atoms with van der Waals surface area (Å²) in [5.74, 6) is 0.440. The van der Waals surface area contributed by atoms with Crippen molar-refractivity contribution in [2.45, 2.75) is 38.2 Å². The first-order valence-electron chi connectivity index (χ1n) is 11.0. The molecule has 0 spiro atoms. The predicted molar refractivity (Wildman–Crippen MR) is 116 cm³/mol. The van der Waals surface area contributed by atoms with E-state index in [1.807, 2.05) is 29.2 Å². The van der Waals surface area contributed by atoms with Gasteiger partial charge in [-0.3, -0.25) is 4.79 Å². The average Bonchev–Trinajstić information content (AvgIpc) is 2.79. The molecule has 0 unspecified atom stereocenters. The van der Waals surface area contributed by atoms with Crippen LogP contribution in [0.5, 0.6) is 5.75 Å². The van der Waals surface area contributed by atoms with Gasteiger partial charge in [0.1, 0.15) is 11.6 Å². The van der Waals surface area contributed by atoms with Crippen molar-refractivity contribution in [2.75, 3.05) is 33.4 Å². The Morgan fingerprint density at radius 2 is 1.97 bits per heavy atom. The SMILES string of the molecule is COc1ccc(F)cc1-c1ccc(CC2(C(=O)N3CCC[C@H](O)C3)CCOCC2)cc1. The largest absolute Gasteiger partial charge is 0.496 e. The topological polar surface area (TPSA) is 59.0 Å². The minimum absolute atomic E-state index is 0.130. The average molecular weight is 428 g/mol. The molecule has 0 aliphatic carbocycles. The van der Waals surface area contributed by atoms with Crippen LogP contribution in [0.15, 0.2) is 42.5 Å². The van der Waals surface area contributed by atoms with Crippen molar-refractivity contribution in [1.82, 2.24) is 4.90 Å². The molecule has 2 saturated heterocycles. The number of hydrogen-bond acceptors (Lipinski definition) is 4. The van der Waals surface area contributed by atoms with Crippen molar-refractivity contribution < 1.29 is 23.8 Å². The predicted octanol–water partition coefficient (Wildman–Crippen LogP) is 3.82. The van der Waals surface area contributed by atoms with Crippen LogP contribution in [0.4, 0.5) is 4.39 Å². The lowest BCUT2D eigenvalue weighted by atomic mass is 9.73. The van der Waals surface area contributed by atoms with Crippen LogP contribution in [0.3, 0.4) is 0 Å². The van der Waals surface area contributed by atoms with E-state index >= 15 is 0 Å². The van der Waals surface area contributed by atoms with Gasteiger partial charge >= 0.3 is 0 Å². The molecule has 2 aromatic carbocycles. The maximum Gasteiger partial charge on any atom is 0.229 e. The summed E-state index contributed by atoms with van der Waals surface area (Å²) in [7, 11) is 1.57. The molecule has 5 nitrogen and oxygen atoms in total. The van der Waals surface area contributed by atoms with Crippen molar-refractivity contribution in [3.8, 4) is 16.9 Å². The monoisotopic (exact) mass is 427 g/mol. The molecular weight excluding hydrogens is 397 g/mol. The van der Waals surface area contributed by atoms with Crippen LogP contribution in [-0.2, 0) is 16.0 Å². The molecule has 1 amide bonds. The Morgan fingerprint density at radius 1 is 1.23 bits per heavy atom. The van der Waals surface area contributed by atoms with Crippen LogP contribution >= 0.6 is 0 Å². The zero-order valence-electron chi connectivity index (χ0n) is 18.0. The van der Waals surface area contributed by atoms with Crippen LogP contribution in [-0.4, -0.2) is 55.4 Å². The summed E-state index contributed by atoms with van der Waals surface area (Å²) in [6.45, 7) is 2.26. The summed E-state index contributed by atoms with van der Waals surface area (Å²) in [5, 5.41) is 10.0.